The van der Waals surface area contributed by atoms with Gasteiger partial charge in [-0.15, -0.1) is 12.4 Å². The van der Waals surface area contributed by atoms with Crippen molar-refractivity contribution in [3.8, 4) is 0 Å². The first-order valence-electron chi connectivity index (χ1n) is 30.1. The zero-order chi connectivity index (χ0) is 66.9. The van der Waals surface area contributed by atoms with Crippen LogP contribution < -0.4 is 63.6 Å². The molecule has 512 valence electrons. The van der Waals surface area contributed by atoms with Crippen molar-refractivity contribution in [2.45, 2.75) is 123 Å². The van der Waals surface area contributed by atoms with Crippen LogP contribution in [0.4, 0.5) is 35.1 Å². The van der Waals surface area contributed by atoms with Crippen molar-refractivity contribution in [2.24, 2.45) is 34.5 Å². The van der Waals surface area contributed by atoms with Crippen molar-refractivity contribution in [3.05, 3.63) is 182 Å². The van der Waals surface area contributed by atoms with Crippen LogP contribution in [0.1, 0.15) is 89.9 Å². The van der Waals surface area contributed by atoms with Crippen LogP contribution >= 0.6 is 18.8 Å². The number of benzene rings is 6. The fraction of sp³-hybridized carbons (Fsp3) is 0.439. The molecule has 8 fully saturated rings. The number of hydrogen-bond acceptors (Lipinski definition) is 9. The molecular formula is C66H76Cl2F8NaO11PS2Te3. The minimum absolute atomic E-state index is 0. The summed E-state index contributed by atoms with van der Waals surface area (Å²) in [6.45, 7) is -1.80. The summed E-state index contributed by atoms with van der Waals surface area (Å²) in [6, 6.07) is 65.8. The average Bonchev–Trinajstić information content (AvgIpc) is 0.733. The molecule has 8 bridgehead atoms. The number of rotatable bonds is 19. The maximum atomic E-state index is 13.5. The molecule has 28 heteroatoms. The van der Waals surface area contributed by atoms with Crippen LogP contribution in [-0.2, 0) is 34.5 Å². The van der Waals surface area contributed by atoms with Crippen LogP contribution in [0, 0.1) is 34.5 Å². The second-order valence-electron chi connectivity index (χ2n) is 24.9. The number of carbonyl (C=O) groups is 1. The van der Waals surface area contributed by atoms with E-state index in [0.717, 1.165) is 38.5 Å². The molecule has 0 heterocycles. The van der Waals surface area contributed by atoms with E-state index in [1.807, 2.05) is 0 Å². The minimum atomic E-state index is -6.31. The molecule has 14 rings (SSSR count). The summed E-state index contributed by atoms with van der Waals surface area (Å²) in [5.41, 5.74) is -3.04. The van der Waals surface area contributed by atoms with Gasteiger partial charge in [0, 0.05) is 6.42 Å². The van der Waals surface area contributed by atoms with Crippen molar-refractivity contribution >= 4 is 127 Å². The number of halogens is 10. The third kappa shape index (κ3) is 20.3. The Balaban J connectivity index is 0.000000225. The predicted octanol–water partition coefficient (Wildman–Crippen LogP) is 3.72. The molecule has 4 unspecified atom stereocenters. The van der Waals surface area contributed by atoms with Gasteiger partial charge in [-0.3, -0.25) is 13.9 Å². The van der Waals surface area contributed by atoms with Crippen molar-refractivity contribution < 1.29 is 128 Å². The number of hydrogen-bond donors (Lipinski definition) is 4. The van der Waals surface area contributed by atoms with Gasteiger partial charge in [0.15, 0.2) is 0 Å². The standard InChI is InChI=1S/2C18H16Te.C15H20F4O6S.C15H22F4O5S.2ClH.Na.HPTe/c2*1-4-10-16(11-5-1)19(17-12-6-2-7-13-17)18-14-8-3-9-15-18;16-14(17,15(18,19)26(22,23)24)1-2-25-11(20)12-4-9-3-10(5-12)7-13(21,6-9)8-12;16-14(17,15(18,19)25(21,22)23)1-2-24-9-12-4-10-3-11(5-12)7-13(20,6-10)8-12;;;;1-2/h2*1-15,19H;9-10,21H,1-8H2,(H,22,23,24);10-11,20H,1-9H2,(H,21,22,23);2*1H;;1H/q;;;;;;+1;/p-1/i;;;;;;;1T. The number of ether oxygens (including phenoxy) is 2. The first-order valence-corrected chi connectivity index (χ1v) is 43.6. The molecule has 0 spiro atoms. The molecule has 11 nitrogen and oxygen atoms in total. The number of aliphatic hydroxyl groups is 2. The molecule has 6 aromatic carbocycles. The average molecular weight is 1770 g/mol. The fourth-order valence-corrected chi connectivity index (χ4v) is 29.1. The topological polar surface area (TPSA) is 185 Å². The second-order valence-corrected chi connectivity index (χ2v) is 40.5. The summed E-state index contributed by atoms with van der Waals surface area (Å²) in [6.07, 6.45) is 5.22. The fourth-order valence-electron chi connectivity index (χ4n) is 15.0. The third-order valence-corrected chi connectivity index (χ3v) is 33.7. The molecule has 6 aromatic rings. The van der Waals surface area contributed by atoms with E-state index in [-0.39, 0.29) is 84.6 Å². The molecular weight excluding hydrogens is 1690 g/mol. The zero-order valence-corrected chi connectivity index (χ0v) is 64.7. The Bertz CT molecular complexity index is 3300. The Labute approximate surface area is 609 Å². The van der Waals surface area contributed by atoms with Crippen molar-refractivity contribution in [3.63, 3.8) is 0 Å². The van der Waals surface area contributed by atoms with Crippen molar-refractivity contribution in [1.29, 1.82) is 1.28 Å². The number of esters is 1. The number of alkyl halides is 8. The summed E-state index contributed by atoms with van der Waals surface area (Å²) in [5, 5.41) is 9.89. The summed E-state index contributed by atoms with van der Waals surface area (Å²) < 4.78 is 190. The van der Waals surface area contributed by atoms with Gasteiger partial charge in [-0.25, -0.2) is 0 Å². The van der Waals surface area contributed by atoms with E-state index < -0.39 is 130 Å². The molecule has 8 aliphatic rings. The van der Waals surface area contributed by atoms with Crippen LogP contribution in [-0.4, -0.2) is 157 Å². The van der Waals surface area contributed by atoms with Gasteiger partial charge in [0.2, 0.25) is 0 Å². The molecule has 0 saturated heterocycles. The van der Waals surface area contributed by atoms with E-state index in [1.54, 1.807) is 21.2 Å². The molecule has 0 radical (unpaired) electrons. The SMILES string of the molecule is Cl.O=C(OCCC(F)(F)C(F)(F)S(=O)(=O)O)C12CC3CC(CC(O)(C3)C1)C2.O=S(=O)(O)C(F)(F)C(F)(F)CCOCC12CC3CC(CC(O)(C3)C1)C2.[3H]P=[Te].[Cl-].[Na+].c1ccc([TeH](c2ccccc2)c2ccccc2)cc1.c1ccc([TeH](c2ccccc2)c2ccccc2)cc1. The second kappa shape index (κ2) is 34.7. The summed E-state index contributed by atoms with van der Waals surface area (Å²) >= 11 is -1.94. The van der Waals surface area contributed by atoms with E-state index in [9.17, 15) is 67.0 Å². The first kappa shape index (κ1) is 81.1. The Kier molecular flexibility index (Phi) is 30.0. The van der Waals surface area contributed by atoms with Crippen LogP contribution in [0.2, 0.25) is 0 Å². The van der Waals surface area contributed by atoms with E-state index in [2.05, 4.69) is 182 Å². The van der Waals surface area contributed by atoms with E-state index >= 15 is 0 Å². The van der Waals surface area contributed by atoms with Gasteiger partial charge < -0.3 is 32.1 Å². The molecule has 8 aliphatic carbocycles. The van der Waals surface area contributed by atoms with Gasteiger partial charge in [0.05, 0.1) is 42.9 Å². The van der Waals surface area contributed by atoms with E-state index in [4.69, 9.17) is 19.9 Å². The molecule has 0 amide bonds. The summed E-state index contributed by atoms with van der Waals surface area (Å²) in [4.78, 5) is 12.4. The Morgan fingerprint density at radius 2 is 0.777 bits per heavy atom. The summed E-state index contributed by atoms with van der Waals surface area (Å²) in [7, 11) is -12.5. The van der Waals surface area contributed by atoms with Gasteiger partial charge >= 0.3 is 350 Å². The monoisotopic (exact) mass is 1780 g/mol. The molecule has 0 aromatic heterocycles. The Morgan fingerprint density at radius 3 is 1.04 bits per heavy atom. The normalized spacial score (nSPS) is 25.1. The predicted molar refractivity (Wildman–Crippen MR) is 350 cm³/mol. The van der Waals surface area contributed by atoms with Gasteiger partial charge in [-0.2, -0.15) is 52.0 Å². The molecule has 4 N–H and O–H groups in total. The van der Waals surface area contributed by atoms with Gasteiger partial charge in [0.25, 0.3) is 0 Å². The molecule has 8 saturated carbocycles. The van der Waals surface area contributed by atoms with E-state index in [0.29, 0.717) is 50.4 Å². The third-order valence-electron chi connectivity index (χ3n) is 17.8. The van der Waals surface area contributed by atoms with Gasteiger partial charge in [-0.1, -0.05) is 0 Å². The Hall–Kier alpha value is -1.82. The van der Waals surface area contributed by atoms with Gasteiger partial charge in [0.1, 0.15) is 0 Å². The molecule has 4 atom stereocenters. The molecule has 0 aliphatic heterocycles. The first-order chi connectivity index (χ1) is 43.3. The number of carbonyl (C=O) groups excluding carboxylic acids is 1. The maximum absolute atomic E-state index is 13.5. The van der Waals surface area contributed by atoms with Crippen LogP contribution in [0.5, 0.6) is 0 Å². The molecule has 94 heavy (non-hydrogen) atoms. The zero-order valence-electron chi connectivity index (χ0n) is 52.2. The Morgan fingerprint density at radius 1 is 0.511 bits per heavy atom. The van der Waals surface area contributed by atoms with Crippen molar-refractivity contribution in [2.75, 3.05) is 19.8 Å². The van der Waals surface area contributed by atoms with E-state index in [1.165, 1.54) is 21.7 Å². The quantitative estimate of drug-likeness (QED) is 0.0232. The van der Waals surface area contributed by atoms with Crippen LogP contribution in [0.3, 0.4) is 0 Å². The summed E-state index contributed by atoms with van der Waals surface area (Å²) in [5.74, 6) is -9.82. The van der Waals surface area contributed by atoms with Crippen molar-refractivity contribution in [1.82, 2.24) is 0 Å². The van der Waals surface area contributed by atoms with Gasteiger partial charge in [-0.05, 0) is 106 Å². The van der Waals surface area contributed by atoms with Crippen LogP contribution in [0.15, 0.2) is 182 Å². The van der Waals surface area contributed by atoms with Crippen LogP contribution in [0.25, 0.3) is 0 Å².